The second-order valence-electron chi connectivity index (χ2n) is 7.31. The number of halogens is 1. The summed E-state index contributed by atoms with van der Waals surface area (Å²) in [4.78, 5) is 48.0. The third-order valence-corrected chi connectivity index (χ3v) is 5.26. The quantitative estimate of drug-likeness (QED) is 0.151. The maximum Gasteiger partial charge on any atom is 0.339 e. The number of hydrogen-bond acceptors (Lipinski definition) is 6. The van der Waals surface area contributed by atoms with Crippen LogP contribution in [0.25, 0.3) is 0 Å². The van der Waals surface area contributed by atoms with Gasteiger partial charge in [-0.3, -0.25) is 19.7 Å². The standard InChI is InChI=1S/C25H21ClN2O6/c26-21-13-12-18(15-22(21)28(32)33)24(30)19-10-4-5-11-20(19)25(31)34-16-23(29)27-14-6-9-17-7-2-1-3-8-17/h1-5,7-8,10-13,15H,6,9,14,16H2,(H,27,29). The predicted molar refractivity (Wildman–Crippen MR) is 126 cm³/mol. The Balaban J connectivity index is 1.59. The summed E-state index contributed by atoms with van der Waals surface area (Å²) >= 11 is 5.81. The summed E-state index contributed by atoms with van der Waals surface area (Å²) in [5.74, 6) is -1.93. The van der Waals surface area contributed by atoms with E-state index in [0.29, 0.717) is 6.54 Å². The molecule has 0 heterocycles. The Kier molecular flexibility index (Phi) is 8.48. The summed E-state index contributed by atoms with van der Waals surface area (Å²) in [7, 11) is 0. The van der Waals surface area contributed by atoms with Crippen LogP contribution in [-0.4, -0.2) is 35.7 Å². The molecule has 0 spiro atoms. The number of nitro groups is 1. The average Bonchev–Trinajstić information content (AvgIpc) is 2.85. The minimum absolute atomic E-state index is 0.00694. The van der Waals surface area contributed by atoms with Crippen LogP contribution >= 0.6 is 11.6 Å². The molecule has 9 heteroatoms. The lowest BCUT2D eigenvalue weighted by Crippen LogP contribution is -2.30. The second kappa shape index (κ2) is 11.7. The van der Waals surface area contributed by atoms with Crippen LogP contribution < -0.4 is 5.32 Å². The van der Waals surface area contributed by atoms with Crippen LogP contribution in [0.15, 0.2) is 72.8 Å². The van der Waals surface area contributed by atoms with Crippen molar-refractivity contribution in [3.05, 3.63) is 110 Å². The summed E-state index contributed by atoms with van der Waals surface area (Å²) in [6.07, 6.45) is 1.54. The van der Waals surface area contributed by atoms with Gasteiger partial charge in [-0.25, -0.2) is 4.79 Å². The number of carbonyl (C=O) groups is 3. The SMILES string of the molecule is O=C(COC(=O)c1ccccc1C(=O)c1ccc(Cl)c([N+](=O)[O-])c1)NCCCc1ccccc1. The van der Waals surface area contributed by atoms with E-state index in [0.717, 1.165) is 24.5 Å². The van der Waals surface area contributed by atoms with Gasteiger partial charge < -0.3 is 10.1 Å². The van der Waals surface area contributed by atoms with Crippen molar-refractivity contribution in [1.29, 1.82) is 0 Å². The minimum atomic E-state index is -0.855. The maximum absolute atomic E-state index is 12.9. The number of rotatable bonds is 10. The van der Waals surface area contributed by atoms with Crippen molar-refractivity contribution in [3.8, 4) is 0 Å². The number of nitro benzene ring substituents is 1. The van der Waals surface area contributed by atoms with Gasteiger partial charge in [0.15, 0.2) is 12.4 Å². The molecule has 1 N–H and O–H groups in total. The van der Waals surface area contributed by atoms with Gasteiger partial charge in [0.1, 0.15) is 5.02 Å². The fraction of sp³-hybridized carbons (Fsp3) is 0.160. The fourth-order valence-corrected chi connectivity index (χ4v) is 3.42. The van der Waals surface area contributed by atoms with Crippen molar-refractivity contribution < 1.29 is 24.0 Å². The third-order valence-electron chi connectivity index (χ3n) is 4.94. The molecule has 0 aliphatic rings. The van der Waals surface area contributed by atoms with E-state index in [1.54, 1.807) is 12.1 Å². The maximum atomic E-state index is 12.9. The van der Waals surface area contributed by atoms with E-state index in [9.17, 15) is 24.5 Å². The largest absolute Gasteiger partial charge is 0.452 e. The Hall–Kier alpha value is -4.04. The zero-order chi connectivity index (χ0) is 24.5. The van der Waals surface area contributed by atoms with Crippen LogP contribution in [0.5, 0.6) is 0 Å². The van der Waals surface area contributed by atoms with Crippen molar-refractivity contribution in [3.63, 3.8) is 0 Å². The molecule has 0 fully saturated rings. The summed E-state index contributed by atoms with van der Waals surface area (Å²) in [5, 5.41) is 13.7. The molecule has 3 aromatic carbocycles. The number of ether oxygens (including phenoxy) is 1. The molecule has 0 unspecified atom stereocenters. The van der Waals surface area contributed by atoms with Gasteiger partial charge in [0.25, 0.3) is 11.6 Å². The van der Waals surface area contributed by atoms with E-state index in [4.69, 9.17) is 16.3 Å². The number of amides is 1. The molecule has 0 bridgehead atoms. The van der Waals surface area contributed by atoms with Crippen molar-refractivity contribution in [2.75, 3.05) is 13.2 Å². The predicted octanol–water partition coefficient (Wildman–Crippen LogP) is 4.39. The summed E-state index contributed by atoms with van der Waals surface area (Å²) in [6, 6.07) is 19.4. The Morgan fingerprint density at radius 2 is 1.62 bits per heavy atom. The Morgan fingerprint density at radius 1 is 0.941 bits per heavy atom. The molecule has 0 atom stereocenters. The summed E-state index contributed by atoms with van der Waals surface area (Å²) < 4.78 is 5.08. The molecule has 0 aromatic heterocycles. The number of carbonyl (C=O) groups excluding carboxylic acids is 3. The molecule has 174 valence electrons. The Labute approximate surface area is 200 Å². The Bertz CT molecular complexity index is 1210. The first-order valence-corrected chi connectivity index (χ1v) is 10.8. The zero-order valence-electron chi connectivity index (χ0n) is 18.0. The molecule has 0 saturated heterocycles. The number of aryl methyl sites for hydroxylation is 1. The van der Waals surface area contributed by atoms with Crippen LogP contribution in [0.4, 0.5) is 5.69 Å². The van der Waals surface area contributed by atoms with Crippen LogP contribution in [0.2, 0.25) is 5.02 Å². The van der Waals surface area contributed by atoms with E-state index >= 15 is 0 Å². The Morgan fingerprint density at radius 3 is 2.32 bits per heavy atom. The lowest BCUT2D eigenvalue weighted by molar-refractivity contribution is -0.384. The highest BCUT2D eigenvalue weighted by Gasteiger charge is 2.22. The molecule has 3 aromatic rings. The highest BCUT2D eigenvalue weighted by atomic mass is 35.5. The van der Waals surface area contributed by atoms with Crippen molar-refractivity contribution in [2.45, 2.75) is 12.8 Å². The molecule has 0 aliphatic carbocycles. The van der Waals surface area contributed by atoms with Gasteiger partial charge in [-0.05, 0) is 36.6 Å². The highest BCUT2D eigenvalue weighted by molar-refractivity contribution is 6.33. The molecule has 0 aliphatic heterocycles. The number of hydrogen-bond donors (Lipinski definition) is 1. The van der Waals surface area contributed by atoms with E-state index in [-0.39, 0.29) is 21.7 Å². The van der Waals surface area contributed by atoms with Crippen molar-refractivity contribution >= 4 is 34.9 Å². The molecule has 0 saturated carbocycles. The van der Waals surface area contributed by atoms with Crippen molar-refractivity contribution in [1.82, 2.24) is 5.32 Å². The van der Waals surface area contributed by atoms with E-state index < -0.39 is 34.9 Å². The minimum Gasteiger partial charge on any atom is -0.452 e. The second-order valence-corrected chi connectivity index (χ2v) is 7.72. The molecular formula is C25H21ClN2O6. The van der Waals surface area contributed by atoms with Crippen LogP contribution in [-0.2, 0) is 16.0 Å². The lowest BCUT2D eigenvalue weighted by Gasteiger charge is -2.10. The number of ketones is 1. The van der Waals surface area contributed by atoms with Gasteiger partial charge in [0.05, 0.1) is 10.5 Å². The number of esters is 1. The fourth-order valence-electron chi connectivity index (χ4n) is 3.23. The van der Waals surface area contributed by atoms with Crippen molar-refractivity contribution in [2.24, 2.45) is 0 Å². The monoisotopic (exact) mass is 480 g/mol. The first-order chi connectivity index (χ1) is 16.4. The van der Waals surface area contributed by atoms with Gasteiger partial charge in [0.2, 0.25) is 0 Å². The van der Waals surface area contributed by atoms with Gasteiger partial charge in [0, 0.05) is 23.7 Å². The molecule has 34 heavy (non-hydrogen) atoms. The van der Waals surface area contributed by atoms with Crippen LogP contribution in [0.1, 0.15) is 38.3 Å². The third kappa shape index (κ3) is 6.49. The number of benzene rings is 3. The summed E-state index contributed by atoms with van der Waals surface area (Å²) in [6.45, 7) is -0.0746. The van der Waals surface area contributed by atoms with E-state index in [1.165, 1.54) is 24.3 Å². The highest BCUT2D eigenvalue weighted by Crippen LogP contribution is 2.27. The molecule has 1 amide bonds. The number of nitrogens with zero attached hydrogens (tertiary/aromatic N) is 1. The van der Waals surface area contributed by atoms with E-state index in [2.05, 4.69) is 5.32 Å². The van der Waals surface area contributed by atoms with Gasteiger partial charge in [-0.2, -0.15) is 0 Å². The van der Waals surface area contributed by atoms with Crippen LogP contribution in [0.3, 0.4) is 0 Å². The van der Waals surface area contributed by atoms with Gasteiger partial charge in [-0.15, -0.1) is 0 Å². The summed E-state index contributed by atoms with van der Waals surface area (Å²) in [5.41, 5.74) is 0.675. The number of nitrogens with one attached hydrogen (secondary N) is 1. The first kappa shape index (κ1) is 24.6. The molecule has 8 nitrogen and oxygen atoms in total. The van der Waals surface area contributed by atoms with Gasteiger partial charge in [-0.1, -0.05) is 60.1 Å². The zero-order valence-corrected chi connectivity index (χ0v) is 18.8. The van der Waals surface area contributed by atoms with Gasteiger partial charge >= 0.3 is 5.97 Å². The van der Waals surface area contributed by atoms with Crippen LogP contribution in [0, 0.1) is 10.1 Å². The molecule has 0 radical (unpaired) electrons. The topological polar surface area (TPSA) is 116 Å². The normalized spacial score (nSPS) is 10.4. The lowest BCUT2D eigenvalue weighted by atomic mass is 9.98. The molecular weight excluding hydrogens is 460 g/mol. The molecule has 3 rings (SSSR count). The van der Waals surface area contributed by atoms with E-state index in [1.807, 2.05) is 30.3 Å². The average molecular weight is 481 g/mol. The smallest absolute Gasteiger partial charge is 0.339 e. The first-order valence-electron chi connectivity index (χ1n) is 10.4.